The van der Waals surface area contributed by atoms with E-state index in [9.17, 15) is 0 Å². The van der Waals surface area contributed by atoms with Gasteiger partial charge in [-0.2, -0.15) is 0 Å². The molecule has 0 spiro atoms. The highest BCUT2D eigenvalue weighted by atomic mass is 15.2. The molecule has 0 aromatic carbocycles. The Kier molecular flexibility index (Phi) is 5.20. The van der Waals surface area contributed by atoms with E-state index < -0.39 is 0 Å². The monoisotopic (exact) mass is 261 g/mol. The lowest BCUT2D eigenvalue weighted by atomic mass is 9.93. The van der Waals surface area contributed by atoms with Gasteiger partial charge in [-0.05, 0) is 44.7 Å². The predicted octanol–water partition coefficient (Wildman–Crippen LogP) is 3.21. The number of pyridine rings is 1. The van der Waals surface area contributed by atoms with Gasteiger partial charge in [0.1, 0.15) is 5.82 Å². The maximum absolute atomic E-state index is 4.64. The van der Waals surface area contributed by atoms with Gasteiger partial charge in [0.25, 0.3) is 0 Å². The highest BCUT2D eigenvalue weighted by Crippen LogP contribution is 2.28. The van der Waals surface area contributed by atoms with Crippen molar-refractivity contribution < 1.29 is 0 Å². The zero-order valence-corrected chi connectivity index (χ0v) is 12.5. The number of hydrogen-bond acceptors (Lipinski definition) is 3. The Morgan fingerprint density at radius 3 is 3.00 bits per heavy atom. The Bertz CT molecular complexity index is 391. The van der Waals surface area contributed by atoms with E-state index in [1.54, 1.807) is 0 Å². The van der Waals surface area contributed by atoms with Crippen LogP contribution in [0.15, 0.2) is 18.3 Å². The van der Waals surface area contributed by atoms with Gasteiger partial charge in [0.15, 0.2) is 0 Å². The molecule has 2 rings (SSSR count). The summed E-state index contributed by atoms with van der Waals surface area (Å²) in [5.74, 6) is 2.03. The molecule has 1 saturated heterocycles. The summed E-state index contributed by atoms with van der Waals surface area (Å²) in [7, 11) is 0. The van der Waals surface area contributed by atoms with E-state index in [4.69, 9.17) is 0 Å². The predicted molar refractivity (Wildman–Crippen MR) is 81.4 cm³/mol. The van der Waals surface area contributed by atoms with Crippen molar-refractivity contribution >= 4 is 5.82 Å². The molecule has 19 heavy (non-hydrogen) atoms. The van der Waals surface area contributed by atoms with Crippen molar-refractivity contribution in [2.24, 2.45) is 5.92 Å². The lowest BCUT2D eigenvalue weighted by Gasteiger charge is -2.38. The van der Waals surface area contributed by atoms with Crippen LogP contribution in [0.1, 0.15) is 45.6 Å². The minimum absolute atomic E-state index is 0.601. The van der Waals surface area contributed by atoms with Crippen LogP contribution < -0.4 is 10.2 Å². The average molecular weight is 261 g/mol. The number of nitrogens with one attached hydrogen (secondary N) is 1. The largest absolute Gasteiger partial charge is 0.354 e. The summed E-state index contributed by atoms with van der Waals surface area (Å²) in [6.07, 6.45) is 5.65. The molecule has 2 unspecified atom stereocenters. The smallest absolute Gasteiger partial charge is 0.133 e. The summed E-state index contributed by atoms with van der Waals surface area (Å²) in [5, 5.41) is 3.49. The fourth-order valence-electron chi connectivity index (χ4n) is 2.95. The van der Waals surface area contributed by atoms with Crippen LogP contribution in [0.4, 0.5) is 5.82 Å². The lowest BCUT2D eigenvalue weighted by Crippen LogP contribution is -2.41. The molecule has 1 aromatic heterocycles. The van der Waals surface area contributed by atoms with Crippen LogP contribution in [0.2, 0.25) is 0 Å². The summed E-state index contributed by atoms with van der Waals surface area (Å²) in [4.78, 5) is 7.13. The minimum atomic E-state index is 0.601. The van der Waals surface area contributed by atoms with Crippen LogP contribution in [-0.4, -0.2) is 24.1 Å². The summed E-state index contributed by atoms with van der Waals surface area (Å²) in [6, 6.07) is 4.85. The summed E-state index contributed by atoms with van der Waals surface area (Å²) in [6.45, 7) is 10.0. The first-order valence-electron chi connectivity index (χ1n) is 7.63. The van der Waals surface area contributed by atoms with Gasteiger partial charge in [0.05, 0.1) is 0 Å². The fourth-order valence-corrected chi connectivity index (χ4v) is 2.95. The van der Waals surface area contributed by atoms with Crippen molar-refractivity contribution in [3.63, 3.8) is 0 Å². The van der Waals surface area contributed by atoms with Crippen molar-refractivity contribution in [1.82, 2.24) is 10.3 Å². The molecule has 1 N–H and O–H groups in total. The number of piperidine rings is 1. The third-order valence-electron chi connectivity index (χ3n) is 4.02. The van der Waals surface area contributed by atoms with E-state index in [1.165, 1.54) is 30.6 Å². The highest BCUT2D eigenvalue weighted by Gasteiger charge is 2.25. The average Bonchev–Trinajstić information content (AvgIpc) is 2.40. The lowest BCUT2D eigenvalue weighted by molar-refractivity contribution is 0.375. The Labute approximate surface area is 117 Å². The highest BCUT2D eigenvalue weighted by molar-refractivity contribution is 5.48. The van der Waals surface area contributed by atoms with Crippen LogP contribution in [0.3, 0.4) is 0 Å². The van der Waals surface area contributed by atoms with Crippen molar-refractivity contribution in [2.45, 2.75) is 52.6 Å². The van der Waals surface area contributed by atoms with Crippen LogP contribution in [0.5, 0.6) is 0 Å². The summed E-state index contributed by atoms with van der Waals surface area (Å²) < 4.78 is 0. The normalized spacial score (nSPS) is 23.6. The molecule has 2 atom stereocenters. The molecule has 106 valence electrons. The van der Waals surface area contributed by atoms with Crippen LogP contribution in [-0.2, 0) is 6.54 Å². The van der Waals surface area contributed by atoms with Gasteiger partial charge in [-0.1, -0.05) is 19.9 Å². The van der Waals surface area contributed by atoms with E-state index in [1.807, 2.05) is 12.3 Å². The molecule has 0 bridgehead atoms. The second-order valence-corrected chi connectivity index (χ2v) is 5.83. The number of anilines is 1. The second-order valence-electron chi connectivity index (χ2n) is 5.83. The molecular weight excluding hydrogens is 234 g/mol. The molecule has 1 fully saturated rings. The summed E-state index contributed by atoms with van der Waals surface area (Å²) in [5.41, 5.74) is 1.33. The first-order chi connectivity index (χ1) is 9.22. The van der Waals surface area contributed by atoms with Crippen LogP contribution in [0.25, 0.3) is 0 Å². The standard InChI is InChI=1S/C16H27N3/c1-4-8-17-12-15-6-5-9-18-16(15)19-10-7-13(2)11-14(19)3/h5-6,9,13-14,17H,4,7-8,10-12H2,1-3H3. The van der Waals surface area contributed by atoms with Gasteiger partial charge >= 0.3 is 0 Å². The van der Waals surface area contributed by atoms with E-state index in [2.05, 4.69) is 42.0 Å². The molecule has 2 heterocycles. The van der Waals surface area contributed by atoms with E-state index in [0.717, 1.165) is 25.6 Å². The third-order valence-corrected chi connectivity index (χ3v) is 4.02. The molecule has 3 heteroatoms. The van der Waals surface area contributed by atoms with Gasteiger partial charge in [-0.3, -0.25) is 0 Å². The Morgan fingerprint density at radius 1 is 1.42 bits per heavy atom. The molecular formula is C16H27N3. The van der Waals surface area contributed by atoms with Crippen molar-refractivity contribution in [1.29, 1.82) is 0 Å². The van der Waals surface area contributed by atoms with E-state index in [0.29, 0.717) is 6.04 Å². The molecule has 3 nitrogen and oxygen atoms in total. The third kappa shape index (κ3) is 3.69. The molecule has 1 aliphatic heterocycles. The SMILES string of the molecule is CCCNCc1cccnc1N1CCC(C)CC1C. The maximum atomic E-state index is 4.64. The first-order valence-corrected chi connectivity index (χ1v) is 7.63. The summed E-state index contributed by atoms with van der Waals surface area (Å²) >= 11 is 0. The molecule has 0 amide bonds. The van der Waals surface area contributed by atoms with E-state index in [-0.39, 0.29) is 0 Å². The van der Waals surface area contributed by atoms with Crippen LogP contribution >= 0.6 is 0 Å². The fraction of sp³-hybridized carbons (Fsp3) is 0.688. The zero-order chi connectivity index (χ0) is 13.7. The number of aromatic nitrogens is 1. The second kappa shape index (κ2) is 6.90. The zero-order valence-electron chi connectivity index (χ0n) is 12.5. The number of rotatable bonds is 5. The Morgan fingerprint density at radius 2 is 2.26 bits per heavy atom. The van der Waals surface area contributed by atoms with Crippen molar-refractivity contribution in [3.05, 3.63) is 23.9 Å². The van der Waals surface area contributed by atoms with Crippen LogP contribution in [0, 0.1) is 5.92 Å². The molecule has 1 aliphatic rings. The quantitative estimate of drug-likeness (QED) is 0.825. The van der Waals surface area contributed by atoms with Gasteiger partial charge in [-0.15, -0.1) is 0 Å². The molecule has 0 radical (unpaired) electrons. The van der Waals surface area contributed by atoms with Crippen molar-refractivity contribution in [3.8, 4) is 0 Å². The Hall–Kier alpha value is -1.09. The van der Waals surface area contributed by atoms with Crippen molar-refractivity contribution in [2.75, 3.05) is 18.0 Å². The first kappa shape index (κ1) is 14.3. The minimum Gasteiger partial charge on any atom is -0.354 e. The van der Waals surface area contributed by atoms with Gasteiger partial charge in [-0.25, -0.2) is 4.98 Å². The molecule has 0 aliphatic carbocycles. The number of nitrogens with zero attached hydrogens (tertiary/aromatic N) is 2. The molecule has 1 aromatic rings. The van der Waals surface area contributed by atoms with Gasteiger partial charge in [0, 0.05) is 30.9 Å². The Balaban J connectivity index is 2.10. The van der Waals surface area contributed by atoms with Gasteiger partial charge < -0.3 is 10.2 Å². The topological polar surface area (TPSA) is 28.2 Å². The van der Waals surface area contributed by atoms with Gasteiger partial charge in [0.2, 0.25) is 0 Å². The number of hydrogen-bond donors (Lipinski definition) is 1. The maximum Gasteiger partial charge on any atom is 0.133 e. The molecule has 0 saturated carbocycles. The van der Waals surface area contributed by atoms with E-state index >= 15 is 0 Å².